The Morgan fingerprint density at radius 3 is 1.69 bits per heavy atom. The van der Waals surface area contributed by atoms with E-state index in [-0.39, 0.29) is 35.8 Å². The number of aromatic nitrogens is 4. The van der Waals surface area contributed by atoms with Gasteiger partial charge in [-0.2, -0.15) is 25.9 Å². The second-order valence-corrected chi connectivity index (χ2v) is 19.0. The van der Waals surface area contributed by atoms with Gasteiger partial charge < -0.3 is 59.8 Å². The van der Waals surface area contributed by atoms with Crippen LogP contribution in [0.2, 0.25) is 0 Å². The normalized spacial score (nSPS) is 26.8. The molecule has 0 spiro atoms. The minimum atomic E-state index is -6.64. The van der Waals surface area contributed by atoms with Gasteiger partial charge in [0.05, 0.1) is 12.9 Å². The maximum atomic E-state index is 12.9. The average molecular weight is 835 g/mol. The summed E-state index contributed by atoms with van der Waals surface area (Å²) in [7, 11) is -44.3. The average Bonchev–Trinajstić information content (AvgIpc) is 3.34. The molecular formula is C10H21LiN5O25P7. The summed E-state index contributed by atoms with van der Waals surface area (Å²) >= 11 is 0. The number of phosphoric acid groups is 7. The van der Waals surface area contributed by atoms with Crippen molar-refractivity contribution in [3.8, 4) is 0 Å². The number of aliphatic hydroxyl groups excluding tert-OH is 2. The number of aliphatic hydroxyl groups is 2. The first-order chi connectivity index (χ1) is 21.0. The van der Waals surface area contributed by atoms with E-state index in [1.54, 1.807) is 0 Å². The fourth-order valence-electron chi connectivity index (χ4n) is 3.22. The van der Waals surface area contributed by atoms with Gasteiger partial charge in [-0.05, 0) is 0 Å². The molecule has 5 unspecified atom stereocenters. The van der Waals surface area contributed by atoms with Crippen molar-refractivity contribution < 1.29 is 116 Å². The summed E-state index contributed by atoms with van der Waals surface area (Å²) in [5.41, 5.74) is 5.66. The van der Waals surface area contributed by atoms with E-state index in [4.69, 9.17) is 34.9 Å². The van der Waals surface area contributed by atoms with Crippen LogP contribution in [0.5, 0.6) is 0 Å². The van der Waals surface area contributed by atoms with E-state index >= 15 is 0 Å². The summed E-state index contributed by atoms with van der Waals surface area (Å²) in [5, 5.41) is 20.8. The van der Waals surface area contributed by atoms with Crippen LogP contribution in [0, 0.1) is 0 Å². The molecule has 48 heavy (non-hydrogen) atoms. The summed E-state index contributed by atoms with van der Waals surface area (Å²) in [4.78, 5) is 84.2. The van der Waals surface area contributed by atoms with Gasteiger partial charge in [0.15, 0.2) is 17.7 Å². The van der Waals surface area contributed by atoms with Gasteiger partial charge in [-0.15, -0.1) is 0 Å². The van der Waals surface area contributed by atoms with Crippen LogP contribution in [0.3, 0.4) is 0 Å². The van der Waals surface area contributed by atoms with Crippen LogP contribution in [-0.4, -0.2) is 113 Å². The first-order valence-electron chi connectivity index (χ1n) is 10.9. The zero-order chi connectivity index (χ0) is 36.0. The van der Waals surface area contributed by atoms with Gasteiger partial charge >= 0.3 is 73.6 Å². The van der Waals surface area contributed by atoms with Crippen molar-refractivity contribution >= 4 is 90.6 Å². The van der Waals surface area contributed by atoms with Crippen LogP contribution in [0.4, 0.5) is 5.82 Å². The van der Waals surface area contributed by atoms with Crippen molar-refractivity contribution in [2.75, 3.05) is 12.3 Å². The van der Waals surface area contributed by atoms with Crippen molar-refractivity contribution in [2.24, 2.45) is 0 Å². The summed E-state index contributed by atoms with van der Waals surface area (Å²) in [6.07, 6.45) is -5.24. The van der Waals surface area contributed by atoms with E-state index < -0.39 is 85.9 Å². The van der Waals surface area contributed by atoms with E-state index in [0.717, 1.165) is 17.2 Å². The Hall–Kier alpha value is -0.163. The Kier molecular flexibility index (Phi) is 14.2. The number of fused-ring (bicyclic) bond motifs is 1. The first-order valence-corrected chi connectivity index (χ1v) is 21.4. The molecule has 2 aromatic heterocycles. The molecule has 0 radical (unpaired) electrons. The molecule has 1 saturated heterocycles. The SMILES string of the molecule is Nc1ncnc2c1ncn2[C@@H]1O[C@H](COP(=O)(OP(=O)(O)O)OP(=O)(O)OP(=O)(O)OP(=O)(O)OP(=O)(O)OP(=O)(O)O)[C@@H](O)[C@H]1O.[LiH]. The molecule has 38 heteroatoms. The molecule has 12 N–H and O–H groups in total. The van der Waals surface area contributed by atoms with Crippen LogP contribution < -0.4 is 5.73 Å². The number of nitrogens with zero attached hydrogens (tertiary/aromatic N) is 4. The zero-order valence-electron chi connectivity index (χ0n) is 21.8. The van der Waals surface area contributed by atoms with Crippen LogP contribution in [0.25, 0.3) is 11.2 Å². The summed E-state index contributed by atoms with van der Waals surface area (Å²) in [6.45, 7) is -1.39. The molecule has 0 bridgehead atoms. The molecule has 9 atom stereocenters. The predicted octanol–water partition coefficient (Wildman–Crippen LogP) is -1.81. The Morgan fingerprint density at radius 1 is 0.708 bits per heavy atom. The van der Waals surface area contributed by atoms with Crippen LogP contribution in [-0.2, 0) is 67.1 Å². The molecule has 30 nitrogen and oxygen atoms in total. The van der Waals surface area contributed by atoms with E-state index in [1.807, 2.05) is 0 Å². The molecule has 1 aliphatic heterocycles. The molecule has 3 heterocycles. The molecule has 0 aliphatic carbocycles. The summed E-state index contributed by atoms with van der Waals surface area (Å²) < 4.78 is 114. The standard InChI is InChI=1S/C10H20N5O25P7.Li.H/c11-8-5-9(13-2-12-8)15(3-14-5)10-7(17)6(16)4(34-10)1-33-47(32,36-42(21,22)23)40-46(30,31)39-45(28,29)38-44(26,27)37-43(24,25)35-41(18,19)20;;/h2-4,6-7,10,16-17H,1H2,(H,24,25)(H,26,27)(H,28,29)(H,30,31)(H2,11,12,13)(H2,18,19,20)(H2,21,22,23);;/t4-,6-,7-,10-,47?;;/m1../s1. The zero-order valence-corrected chi connectivity index (χ0v) is 28.0. The number of hydrogen-bond acceptors (Lipinski definition) is 21. The minimum absolute atomic E-state index is 0. The first kappa shape index (κ1) is 44.0. The van der Waals surface area contributed by atoms with Crippen molar-refractivity contribution in [3.63, 3.8) is 0 Å². The van der Waals surface area contributed by atoms with E-state index in [2.05, 4.69) is 45.3 Å². The maximum absolute atomic E-state index is 12.9. The predicted molar refractivity (Wildman–Crippen MR) is 146 cm³/mol. The molecular weight excluding hydrogens is 814 g/mol. The van der Waals surface area contributed by atoms with Gasteiger partial charge in [0.25, 0.3) is 0 Å². The van der Waals surface area contributed by atoms with Gasteiger partial charge in [-0.25, -0.2) is 46.9 Å². The third-order valence-corrected chi connectivity index (χ3v) is 15.0. The molecule has 0 amide bonds. The topological polar surface area (TPSA) is 465 Å². The van der Waals surface area contributed by atoms with Crippen molar-refractivity contribution in [1.82, 2.24) is 19.5 Å². The Bertz CT molecular complexity index is 1830. The van der Waals surface area contributed by atoms with Crippen molar-refractivity contribution in [3.05, 3.63) is 12.7 Å². The number of nitrogens with two attached hydrogens (primary N) is 1. The van der Waals surface area contributed by atoms with E-state index in [9.17, 15) is 56.8 Å². The Labute approximate surface area is 275 Å². The Morgan fingerprint density at radius 2 is 1.19 bits per heavy atom. The summed E-state index contributed by atoms with van der Waals surface area (Å²) in [6, 6.07) is 0. The summed E-state index contributed by atoms with van der Waals surface area (Å²) in [5.74, 6) is -0.0977. The number of hydrogen-bond donors (Lipinski definition) is 11. The molecule has 0 aromatic carbocycles. The Balaban J connectivity index is 0.00000800. The van der Waals surface area contributed by atoms with Crippen molar-refractivity contribution in [2.45, 2.75) is 24.5 Å². The van der Waals surface area contributed by atoms with Gasteiger partial charge in [-0.3, -0.25) is 9.09 Å². The number of anilines is 1. The number of rotatable bonds is 16. The number of imidazole rings is 1. The second-order valence-electron chi connectivity index (χ2n) is 8.22. The van der Waals surface area contributed by atoms with Gasteiger partial charge in [0.2, 0.25) is 0 Å². The third-order valence-electron chi connectivity index (χ3n) is 4.63. The van der Waals surface area contributed by atoms with Gasteiger partial charge in [-0.1, -0.05) is 0 Å². The fraction of sp³-hybridized carbons (Fsp3) is 0.500. The molecule has 1 fully saturated rings. The van der Waals surface area contributed by atoms with Crippen LogP contribution >= 0.6 is 54.8 Å². The molecule has 0 saturated carbocycles. The molecule has 1 aliphatic rings. The number of nitrogen functional groups attached to an aromatic ring is 1. The van der Waals surface area contributed by atoms with Crippen molar-refractivity contribution in [1.29, 1.82) is 0 Å². The number of ether oxygens (including phenoxy) is 1. The van der Waals surface area contributed by atoms with Gasteiger partial charge in [0, 0.05) is 0 Å². The fourth-order valence-corrected chi connectivity index (χ4v) is 12.1. The van der Waals surface area contributed by atoms with E-state index in [1.165, 1.54) is 0 Å². The second kappa shape index (κ2) is 15.4. The molecule has 2 aromatic rings. The van der Waals surface area contributed by atoms with Crippen LogP contribution in [0.1, 0.15) is 6.23 Å². The monoisotopic (exact) mass is 835 g/mol. The molecule has 272 valence electrons. The quantitative estimate of drug-likeness (QED) is 0.0655. The van der Waals surface area contributed by atoms with Crippen LogP contribution in [0.15, 0.2) is 12.7 Å². The molecule has 3 rings (SSSR count). The van der Waals surface area contributed by atoms with E-state index in [0.29, 0.717) is 0 Å². The third kappa shape index (κ3) is 12.8. The van der Waals surface area contributed by atoms with Gasteiger partial charge in [0.1, 0.15) is 30.2 Å².